The van der Waals surface area contributed by atoms with Crippen molar-refractivity contribution < 1.29 is 0 Å². The molecule has 0 aliphatic rings. The van der Waals surface area contributed by atoms with Crippen LogP contribution >= 0.6 is 0 Å². The first-order valence-electron chi connectivity index (χ1n) is 6.67. The number of hydrogen-bond donors (Lipinski definition) is 0. The summed E-state index contributed by atoms with van der Waals surface area (Å²) in [5.41, 5.74) is 1.53. The van der Waals surface area contributed by atoms with Gasteiger partial charge in [-0.3, -0.25) is 9.36 Å². The van der Waals surface area contributed by atoms with E-state index < -0.39 is 0 Å². The Morgan fingerprint density at radius 3 is 2.30 bits per heavy atom. The SMILES string of the molecule is CN(c1ccccc1)c1ncc(C(C)(C)C)c(=O)n1C. The van der Waals surface area contributed by atoms with E-state index >= 15 is 0 Å². The molecular formula is C16H21N3O. The van der Waals surface area contributed by atoms with Crippen LogP contribution in [-0.2, 0) is 12.5 Å². The fourth-order valence-electron chi connectivity index (χ4n) is 2.13. The Bertz CT molecular complexity index is 654. The molecule has 1 aromatic heterocycles. The van der Waals surface area contributed by atoms with Gasteiger partial charge in [-0.1, -0.05) is 39.0 Å². The molecule has 2 rings (SSSR count). The molecule has 20 heavy (non-hydrogen) atoms. The number of para-hydroxylation sites is 1. The van der Waals surface area contributed by atoms with Gasteiger partial charge in [0, 0.05) is 31.5 Å². The van der Waals surface area contributed by atoms with Crippen molar-refractivity contribution in [2.75, 3.05) is 11.9 Å². The summed E-state index contributed by atoms with van der Waals surface area (Å²) in [6, 6.07) is 9.88. The van der Waals surface area contributed by atoms with Crippen LogP contribution in [0.1, 0.15) is 26.3 Å². The second kappa shape index (κ2) is 5.12. The van der Waals surface area contributed by atoms with Gasteiger partial charge in [0.25, 0.3) is 5.56 Å². The van der Waals surface area contributed by atoms with Gasteiger partial charge >= 0.3 is 0 Å². The monoisotopic (exact) mass is 271 g/mol. The molecule has 0 aliphatic heterocycles. The van der Waals surface area contributed by atoms with Crippen molar-refractivity contribution in [1.29, 1.82) is 0 Å². The van der Waals surface area contributed by atoms with E-state index in [0.29, 0.717) is 5.95 Å². The molecule has 4 heteroatoms. The Morgan fingerprint density at radius 1 is 1.15 bits per heavy atom. The molecule has 0 amide bonds. The molecule has 0 aliphatic carbocycles. The summed E-state index contributed by atoms with van der Waals surface area (Å²) in [4.78, 5) is 18.8. The number of anilines is 2. The molecule has 1 heterocycles. The van der Waals surface area contributed by atoms with E-state index in [2.05, 4.69) is 4.98 Å². The Kier molecular flexibility index (Phi) is 3.66. The fourth-order valence-corrected chi connectivity index (χ4v) is 2.13. The van der Waals surface area contributed by atoms with E-state index in [9.17, 15) is 4.79 Å². The molecule has 106 valence electrons. The fraction of sp³-hybridized carbons (Fsp3) is 0.375. The van der Waals surface area contributed by atoms with Crippen LogP contribution in [0.2, 0.25) is 0 Å². The first-order valence-corrected chi connectivity index (χ1v) is 6.67. The maximum Gasteiger partial charge on any atom is 0.258 e. The highest BCUT2D eigenvalue weighted by atomic mass is 16.1. The minimum atomic E-state index is -0.203. The van der Waals surface area contributed by atoms with Crippen molar-refractivity contribution >= 4 is 11.6 Å². The van der Waals surface area contributed by atoms with Crippen LogP contribution in [0.15, 0.2) is 41.3 Å². The molecule has 0 fully saturated rings. The molecule has 4 nitrogen and oxygen atoms in total. The van der Waals surface area contributed by atoms with Crippen molar-refractivity contribution in [3.05, 3.63) is 52.4 Å². The summed E-state index contributed by atoms with van der Waals surface area (Å²) in [6.45, 7) is 6.06. The van der Waals surface area contributed by atoms with Crippen molar-refractivity contribution in [3.63, 3.8) is 0 Å². The van der Waals surface area contributed by atoms with Gasteiger partial charge in [-0.05, 0) is 17.5 Å². The van der Waals surface area contributed by atoms with Crippen LogP contribution in [0.25, 0.3) is 0 Å². The third kappa shape index (κ3) is 2.59. The number of hydrogen-bond acceptors (Lipinski definition) is 3. The zero-order valence-electron chi connectivity index (χ0n) is 12.7. The Morgan fingerprint density at radius 2 is 1.75 bits per heavy atom. The minimum Gasteiger partial charge on any atom is -0.315 e. The Balaban J connectivity index is 2.51. The lowest BCUT2D eigenvalue weighted by molar-refractivity contribution is 0.567. The molecule has 0 spiro atoms. The number of rotatable bonds is 2. The van der Waals surface area contributed by atoms with Crippen molar-refractivity contribution in [3.8, 4) is 0 Å². The van der Waals surface area contributed by atoms with E-state index in [1.54, 1.807) is 17.8 Å². The lowest BCUT2D eigenvalue weighted by atomic mass is 9.89. The lowest BCUT2D eigenvalue weighted by Gasteiger charge is -2.23. The highest BCUT2D eigenvalue weighted by molar-refractivity contribution is 5.56. The van der Waals surface area contributed by atoms with E-state index in [0.717, 1.165) is 11.3 Å². The summed E-state index contributed by atoms with van der Waals surface area (Å²) in [5.74, 6) is 0.634. The molecule has 1 aromatic carbocycles. The van der Waals surface area contributed by atoms with E-state index in [1.807, 2.05) is 63.1 Å². The quantitative estimate of drug-likeness (QED) is 0.843. The zero-order chi connectivity index (χ0) is 14.9. The highest BCUT2D eigenvalue weighted by Gasteiger charge is 2.21. The maximum atomic E-state index is 12.5. The average Bonchev–Trinajstić information content (AvgIpc) is 2.40. The predicted molar refractivity (Wildman–Crippen MR) is 82.7 cm³/mol. The summed E-state index contributed by atoms with van der Waals surface area (Å²) in [7, 11) is 3.67. The van der Waals surface area contributed by atoms with Crippen molar-refractivity contribution in [2.45, 2.75) is 26.2 Å². The topological polar surface area (TPSA) is 38.1 Å². The molecule has 0 unspecified atom stereocenters. The molecule has 0 saturated heterocycles. The standard InChI is InChI=1S/C16H21N3O/c1-16(2,3)13-11-17-15(19(5)14(13)20)18(4)12-9-7-6-8-10-12/h6-11H,1-5H3. The van der Waals surface area contributed by atoms with E-state index in [-0.39, 0.29) is 11.0 Å². The predicted octanol–water partition coefficient (Wildman–Crippen LogP) is 2.85. The third-order valence-electron chi connectivity index (χ3n) is 3.40. The Hall–Kier alpha value is -2.10. The summed E-state index contributed by atoms with van der Waals surface area (Å²) >= 11 is 0. The third-order valence-corrected chi connectivity index (χ3v) is 3.40. The van der Waals surface area contributed by atoms with Crippen LogP contribution in [0.4, 0.5) is 11.6 Å². The highest BCUT2D eigenvalue weighted by Crippen LogP contribution is 2.22. The van der Waals surface area contributed by atoms with E-state index in [1.165, 1.54) is 0 Å². The zero-order valence-corrected chi connectivity index (χ0v) is 12.7. The maximum absolute atomic E-state index is 12.5. The largest absolute Gasteiger partial charge is 0.315 e. The average molecular weight is 271 g/mol. The number of aromatic nitrogens is 2. The number of benzene rings is 1. The smallest absolute Gasteiger partial charge is 0.258 e. The first kappa shape index (κ1) is 14.3. The van der Waals surface area contributed by atoms with E-state index in [4.69, 9.17) is 0 Å². The van der Waals surface area contributed by atoms with Gasteiger partial charge in [-0.2, -0.15) is 0 Å². The van der Waals surface area contributed by atoms with Gasteiger partial charge in [0.05, 0.1) is 0 Å². The molecular weight excluding hydrogens is 250 g/mol. The summed E-state index contributed by atoms with van der Waals surface area (Å²) < 4.78 is 1.60. The molecule has 0 N–H and O–H groups in total. The molecule has 0 bridgehead atoms. The summed E-state index contributed by atoms with van der Waals surface area (Å²) in [6.07, 6.45) is 1.69. The van der Waals surface area contributed by atoms with Crippen LogP contribution in [0.3, 0.4) is 0 Å². The minimum absolute atomic E-state index is 0.00489. The summed E-state index contributed by atoms with van der Waals surface area (Å²) in [5, 5.41) is 0. The van der Waals surface area contributed by atoms with Gasteiger partial charge in [0.1, 0.15) is 0 Å². The van der Waals surface area contributed by atoms with Gasteiger partial charge in [0.2, 0.25) is 5.95 Å². The second-order valence-corrected chi connectivity index (χ2v) is 5.98. The van der Waals surface area contributed by atoms with Crippen LogP contribution in [0.5, 0.6) is 0 Å². The van der Waals surface area contributed by atoms with Gasteiger partial charge < -0.3 is 4.90 Å². The second-order valence-electron chi connectivity index (χ2n) is 5.98. The van der Waals surface area contributed by atoms with Crippen LogP contribution in [0, 0.1) is 0 Å². The molecule has 0 radical (unpaired) electrons. The normalized spacial score (nSPS) is 11.4. The molecule has 2 aromatic rings. The van der Waals surface area contributed by atoms with Gasteiger partial charge in [-0.15, -0.1) is 0 Å². The Labute approximate surface area is 119 Å². The van der Waals surface area contributed by atoms with Gasteiger partial charge in [-0.25, -0.2) is 4.98 Å². The lowest BCUT2D eigenvalue weighted by Crippen LogP contribution is -2.32. The first-order chi connectivity index (χ1) is 9.32. The molecule has 0 saturated carbocycles. The van der Waals surface area contributed by atoms with Crippen LogP contribution in [-0.4, -0.2) is 16.6 Å². The van der Waals surface area contributed by atoms with Crippen molar-refractivity contribution in [2.24, 2.45) is 7.05 Å². The van der Waals surface area contributed by atoms with Crippen LogP contribution < -0.4 is 10.5 Å². The van der Waals surface area contributed by atoms with Gasteiger partial charge in [0.15, 0.2) is 0 Å². The van der Waals surface area contributed by atoms with Crippen molar-refractivity contribution in [1.82, 2.24) is 9.55 Å². The molecule has 0 atom stereocenters. The number of nitrogens with zero attached hydrogens (tertiary/aromatic N) is 3.